The Morgan fingerprint density at radius 1 is 1.47 bits per heavy atom. The van der Waals surface area contributed by atoms with Crippen LogP contribution in [0.15, 0.2) is 4.34 Å². The number of nitrogens with zero attached hydrogens (tertiary/aromatic N) is 1. The van der Waals surface area contributed by atoms with Gasteiger partial charge >= 0.3 is 0 Å². The van der Waals surface area contributed by atoms with Crippen LogP contribution in [0, 0.1) is 13.8 Å². The van der Waals surface area contributed by atoms with Crippen molar-refractivity contribution in [2.75, 3.05) is 7.11 Å². The predicted molar refractivity (Wildman–Crippen MR) is 63.4 cm³/mol. The van der Waals surface area contributed by atoms with E-state index in [4.69, 9.17) is 4.74 Å². The predicted octanol–water partition coefficient (Wildman–Crippen LogP) is 0.600. The summed E-state index contributed by atoms with van der Waals surface area (Å²) in [5.41, 5.74) is 0.641. The van der Waals surface area contributed by atoms with E-state index in [2.05, 4.69) is 4.98 Å². The second kappa shape index (κ2) is 5.11. The second-order valence-electron chi connectivity index (χ2n) is 3.47. The number of amides is 1. The second-order valence-corrected chi connectivity index (χ2v) is 6.53. The van der Waals surface area contributed by atoms with Gasteiger partial charge in [-0.1, -0.05) is 0 Å². The number of hydrogen-bond acceptors (Lipinski definition) is 6. The summed E-state index contributed by atoms with van der Waals surface area (Å²) in [6, 6.07) is 0. The van der Waals surface area contributed by atoms with E-state index in [-0.39, 0.29) is 4.34 Å². The van der Waals surface area contributed by atoms with E-state index >= 15 is 0 Å². The van der Waals surface area contributed by atoms with Crippen LogP contribution in [0.5, 0.6) is 0 Å². The van der Waals surface area contributed by atoms with Gasteiger partial charge in [-0.25, -0.2) is 9.71 Å². The zero-order chi connectivity index (χ0) is 13.2. The van der Waals surface area contributed by atoms with Gasteiger partial charge in [-0.3, -0.25) is 4.79 Å². The molecule has 1 aromatic heterocycles. The van der Waals surface area contributed by atoms with Gasteiger partial charge in [0, 0.05) is 12.0 Å². The maximum Gasteiger partial charge on any atom is 0.291 e. The van der Waals surface area contributed by atoms with Crippen molar-refractivity contribution < 1.29 is 17.9 Å². The number of aryl methyl sites for hydroxylation is 2. The highest BCUT2D eigenvalue weighted by atomic mass is 32.2. The standard InChI is InChI=1S/C9H14N2O4S2/c1-5-7(3)16-9(10-5)17(13,14)11-8(12)6(2)15-4/h6H,1-4H3,(H,11,12). The molecule has 0 radical (unpaired) electrons. The first-order valence-corrected chi connectivity index (χ1v) is 7.11. The molecule has 8 heteroatoms. The summed E-state index contributed by atoms with van der Waals surface area (Å²) in [5, 5.41) is 0. The number of thiazole rings is 1. The highest BCUT2D eigenvalue weighted by molar-refractivity contribution is 7.92. The van der Waals surface area contributed by atoms with Gasteiger partial charge in [-0.15, -0.1) is 11.3 Å². The van der Waals surface area contributed by atoms with Crippen LogP contribution >= 0.6 is 11.3 Å². The highest BCUT2D eigenvalue weighted by Gasteiger charge is 2.24. The molecule has 6 nitrogen and oxygen atoms in total. The number of hydrogen-bond donors (Lipinski definition) is 1. The molecular weight excluding hydrogens is 264 g/mol. The first-order chi connectivity index (χ1) is 7.77. The Bertz CT molecular complexity index is 502. The molecule has 0 fully saturated rings. The molecule has 1 rings (SSSR count). The van der Waals surface area contributed by atoms with Gasteiger partial charge in [-0.2, -0.15) is 8.42 Å². The number of rotatable bonds is 4. The lowest BCUT2D eigenvalue weighted by Crippen LogP contribution is -2.38. The van der Waals surface area contributed by atoms with Crippen LogP contribution in [-0.4, -0.2) is 32.5 Å². The Morgan fingerprint density at radius 3 is 2.47 bits per heavy atom. The van der Waals surface area contributed by atoms with E-state index in [9.17, 15) is 13.2 Å². The lowest BCUT2D eigenvalue weighted by atomic mass is 10.4. The number of sulfonamides is 1. The van der Waals surface area contributed by atoms with Crippen LogP contribution in [0.4, 0.5) is 0 Å². The maximum absolute atomic E-state index is 11.8. The van der Waals surface area contributed by atoms with Gasteiger partial charge in [0.2, 0.25) is 4.34 Å². The molecule has 1 unspecified atom stereocenters. The Balaban J connectivity index is 2.93. The topological polar surface area (TPSA) is 85.4 Å². The summed E-state index contributed by atoms with van der Waals surface area (Å²) in [4.78, 5) is 16.1. The Labute approximate surface area is 104 Å². The monoisotopic (exact) mass is 278 g/mol. The summed E-state index contributed by atoms with van der Waals surface area (Å²) >= 11 is 1.03. The Kier molecular flexibility index (Phi) is 4.23. The van der Waals surface area contributed by atoms with Gasteiger partial charge in [0.25, 0.3) is 15.9 Å². The van der Waals surface area contributed by atoms with Crippen molar-refractivity contribution in [2.45, 2.75) is 31.2 Å². The molecule has 1 atom stereocenters. The molecule has 1 aromatic rings. The summed E-state index contributed by atoms with van der Waals surface area (Å²) in [6.07, 6.45) is -0.827. The fraction of sp³-hybridized carbons (Fsp3) is 0.556. The van der Waals surface area contributed by atoms with Gasteiger partial charge in [0.1, 0.15) is 6.10 Å². The number of carbonyl (C=O) groups excluding carboxylic acids is 1. The minimum atomic E-state index is -3.89. The normalized spacial score (nSPS) is 13.4. The molecule has 0 spiro atoms. The average Bonchev–Trinajstić information content (AvgIpc) is 2.58. The van der Waals surface area contributed by atoms with E-state index < -0.39 is 22.0 Å². The molecule has 17 heavy (non-hydrogen) atoms. The minimum absolute atomic E-state index is 0.107. The van der Waals surface area contributed by atoms with E-state index in [1.165, 1.54) is 14.0 Å². The number of carbonyl (C=O) groups is 1. The molecule has 0 aliphatic heterocycles. The quantitative estimate of drug-likeness (QED) is 0.871. The van der Waals surface area contributed by atoms with E-state index in [1.807, 2.05) is 4.72 Å². The van der Waals surface area contributed by atoms with Crippen molar-refractivity contribution in [1.82, 2.24) is 9.71 Å². The van der Waals surface area contributed by atoms with Gasteiger partial charge in [0.05, 0.1) is 5.69 Å². The SMILES string of the molecule is COC(C)C(=O)NS(=O)(=O)c1nc(C)c(C)s1. The lowest BCUT2D eigenvalue weighted by Gasteiger charge is -2.09. The fourth-order valence-electron chi connectivity index (χ4n) is 0.924. The molecule has 1 amide bonds. The van der Waals surface area contributed by atoms with Gasteiger partial charge in [-0.05, 0) is 20.8 Å². The van der Waals surface area contributed by atoms with Crippen molar-refractivity contribution in [3.8, 4) is 0 Å². The number of aromatic nitrogens is 1. The molecule has 1 heterocycles. The molecule has 0 saturated heterocycles. The summed E-state index contributed by atoms with van der Waals surface area (Å²) in [6.45, 7) is 4.94. The summed E-state index contributed by atoms with van der Waals surface area (Å²) in [7, 11) is -2.56. The fourth-order valence-corrected chi connectivity index (χ4v) is 3.28. The van der Waals surface area contributed by atoms with Crippen LogP contribution < -0.4 is 4.72 Å². The smallest absolute Gasteiger partial charge is 0.291 e. The molecule has 0 bridgehead atoms. The average molecular weight is 278 g/mol. The van der Waals surface area contributed by atoms with Crippen LogP contribution in [0.1, 0.15) is 17.5 Å². The molecule has 0 aliphatic carbocycles. The Hall–Kier alpha value is -0.990. The number of ether oxygens (including phenoxy) is 1. The number of nitrogens with one attached hydrogen (secondary N) is 1. The summed E-state index contributed by atoms with van der Waals surface area (Å²) in [5.74, 6) is -0.710. The number of methoxy groups -OCH3 is 1. The van der Waals surface area contributed by atoms with Crippen LogP contribution in [0.25, 0.3) is 0 Å². The minimum Gasteiger partial charge on any atom is -0.372 e. The largest absolute Gasteiger partial charge is 0.372 e. The van der Waals surface area contributed by atoms with E-state index in [0.717, 1.165) is 16.2 Å². The van der Waals surface area contributed by atoms with Crippen molar-refractivity contribution >= 4 is 27.3 Å². The molecule has 0 aromatic carbocycles. The summed E-state index contributed by atoms with van der Waals surface area (Å²) < 4.78 is 30.1. The van der Waals surface area contributed by atoms with Crippen molar-refractivity contribution in [2.24, 2.45) is 0 Å². The molecular formula is C9H14N2O4S2. The molecule has 1 N–H and O–H groups in total. The molecule has 96 valence electrons. The maximum atomic E-state index is 11.8. The van der Waals surface area contributed by atoms with E-state index in [0.29, 0.717) is 5.69 Å². The van der Waals surface area contributed by atoms with Crippen molar-refractivity contribution in [3.05, 3.63) is 10.6 Å². The van der Waals surface area contributed by atoms with E-state index in [1.54, 1.807) is 13.8 Å². The first kappa shape index (κ1) is 14.1. The zero-order valence-electron chi connectivity index (χ0n) is 9.97. The third-order valence-electron chi connectivity index (χ3n) is 2.20. The van der Waals surface area contributed by atoms with Crippen LogP contribution in [0.3, 0.4) is 0 Å². The third-order valence-corrected chi connectivity index (χ3v) is 4.99. The van der Waals surface area contributed by atoms with Crippen LogP contribution in [0.2, 0.25) is 0 Å². The van der Waals surface area contributed by atoms with Crippen molar-refractivity contribution in [1.29, 1.82) is 0 Å². The van der Waals surface area contributed by atoms with Crippen LogP contribution in [-0.2, 0) is 19.6 Å². The Morgan fingerprint density at radius 2 is 2.06 bits per heavy atom. The van der Waals surface area contributed by atoms with Gasteiger partial charge in [0.15, 0.2) is 0 Å². The van der Waals surface area contributed by atoms with Gasteiger partial charge < -0.3 is 4.74 Å². The lowest BCUT2D eigenvalue weighted by molar-refractivity contribution is -0.128. The molecule has 0 aliphatic rings. The third kappa shape index (κ3) is 3.24. The van der Waals surface area contributed by atoms with Crippen molar-refractivity contribution in [3.63, 3.8) is 0 Å². The zero-order valence-corrected chi connectivity index (χ0v) is 11.6. The molecule has 0 saturated carbocycles. The highest BCUT2D eigenvalue weighted by Crippen LogP contribution is 2.20. The first-order valence-electron chi connectivity index (χ1n) is 4.81.